The summed E-state index contributed by atoms with van der Waals surface area (Å²) in [5.74, 6) is -0.657. The zero-order chi connectivity index (χ0) is 18.1. The van der Waals surface area contributed by atoms with Crippen molar-refractivity contribution in [2.45, 2.75) is 12.8 Å². The standard InChI is InChI=1S/C20H17FN2O2S/c21-16-7-4-8-17-15(16)12-18(26-17)19(24)22-14-6-3-5-13(11-14)20(25)23-9-1-2-10-23/h3-8,11-12H,1-2,9-10H2,(H,22,24). The average molecular weight is 368 g/mol. The number of thiophene rings is 1. The van der Waals surface area contributed by atoms with E-state index in [1.54, 1.807) is 42.5 Å². The second-order valence-corrected chi connectivity index (χ2v) is 7.38. The molecule has 0 aliphatic carbocycles. The van der Waals surface area contributed by atoms with Crippen LogP contribution < -0.4 is 5.32 Å². The van der Waals surface area contributed by atoms with E-state index >= 15 is 0 Å². The lowest BCUT2D eigenvalue weighted by molar-refractivity contribution is 0.0792. The Morgan fingerprint density at radius 2 is 1.81 bits per heavy atom. The molecule has 1 aromatic heterocycles. The van der Waals surface area contributed by atoms with Crippen molar-refractivity contribution in [1.29, 1.82) is 0 Å². The molecule has 2 amide bonds. The number of amides is 2. The number of hydrogen-bond donors (Lipinski definition) is 1. The number of halogens is 1. The lowest BCUT2D eigenvalue weighted by Crippen LogP contribution is -2.27. The van der Waals surface area contributed by atoms with Crippen molar-refractivity contribution in [3.05, 3.63) is 64.8 Å². The molecule has 0 radical (unpaired) electrons. The summed E-state index contributed by atoms with van der Waals surface area (Å²) >= 11 is 1.24. The maximum atomic E-state index is 13.8. The summed E-state index contributed by atoms with van der Waals surface area (Å²) < 4.78 is 14.5. The fourth-order valence-electron chi connectivity index (χ4n) is 3.16. The molecule has 6 heteroatoms. The molecular formula is C20H17FN2O2S. The van der Waals surface area contributed by atoms with Gasteiger partial charge in [0.15, 0.2) is 0 Å². The molecule has 0 unspecified atom stereocenters. The smallest absolute Gasteiger partial charge is 0.265 e. The minimum atomic E-state index is -0.337. The maximum absolute atomic E-state index is 13.8. The van der Waals surface area contributed by atoms with Crippen LogP contribution in [0, 0.1) is 5.82 Å². The van der Waals surface area contributed by atoms with E-state index in [1.807, 2.05) is 4.90 Å². The molecule has 0 spiro atoms. The number of hydrogen-bond acceptors (Lipinski definition) is 3. The first kappa shape index (κ1) is 16.7. The predicted octanol–water partition coefficient (Wildman–Crippen LogP) is 4.53. The van der Waals surface area contributed by atoms with Crippen molar-refractivity contribution < 1.29 is 14.0 Å². The molecule has 1 aliphatic heterocycles. The van der Waals surface area contributed by atoms with Crippen LogP contribution in [0.25, 0.3) is 10.1 Å². The van der Waals surface area contributed by atoms with Crippen molar-refractivity contribution in [1.82, 2.24) is 4.90 Å². The number of benzene rings is 2. The number of nitrogens with one attached hydrogen (secondary N) is 1. The van der Waals surface area contributed by atoms with Gasteiger partial charge in [-0.25, -0.2) is 4.39 Å². The van der Waals surface area contributed by atoms with Crippen LogP contribution >= 0.6 is 11.3 Å². The van der Waals surface area contributed by atoms with Crippen LogP contribution in [0.1, 0.15) is 32.9 Å². The third-order valence-electron chi connectivity index (χ3n) is 4.49. The fraction of sp³-hybridized carbons (Fsp3) is 0.200. The summed E-state index contributed by atoms with van der Waals surface area (Å²) in [6.45, 7) is 1.56. The van der Waals surface area contributed by atoms with Gasteiger partial charge in [0, 0.05) is 34.4 Å². The Morgan fingerprint density at radius 3 is 2.58 bits per heavy atom. The van der Waals surface area contributed by atoms with Crippen molar-refractivity contribution in [2.24, 2.45) is 0 Å². The summed E-state index contributed by atoms with van der Waals surface area (Å²) in [4.78, 5) is 27.3. The largest absolute Gasteiger partial charge is 0.339 e. The molecule has 1 N–H and O–H groups in total. The Bertz CT molecular complexity index is 992. The van der Waals surface area contributed by atoms with Gasteiger partial charge >= 0.3 is 0 Å². The summed E-state index contributed by atoms with van der Waals surface area (Å²) in [6, 6.07) is 13.3. The Balaban J connectivity index is 1.54. The SMILES string of the molecule is O=C(Nc1cccc(C(=O)N2CCCC2)c1)c1cc2c(F)cccc2s1. The van der Waals surface area contributed by atoms with Crippen LogP contribution in [0.15, 0.2) is 48.5 Å². The first-order valence-electron chi connectivity index (χ1n) is 8.50. The van der Waals surface area contributed by atoms with Crippen molar-refractivity contribution in [3.63, 3.8) is 0 Å². The molecule has 3 aromatic rings. The predicted molar refractivity (Wildman–Crippen MR) is 101 cm³/mol. The summed E-state index contributed by atoms with van der Waals surface area (Å²) in [5.41, 5.74) is 1.12. The minimum Gasteiger partial charge on any atom is -0.339 e. The van der Waals surface area contributed by atoms with Crippen LogP contribution in [0.5, 0.6) is 0 Å². The topological polar surface area (TPSA) is 49.4 Å². The van der Waals surface area contributed by atoms with Crippen LogP contribution in [-0.2, 0) is 0 Å². The Kier molecular flexibility index (Phi) is 4.42. The molecule has 1 fully saturated rings. The average Bonchev–Trinajstić information content (AvgIpc) is 3.32. The number of rotatable bonds is 3. The van der Waals surface area contributed by atoms with Crippen LogP contribution in [0.4, 0.5) is 10.1 Å². The molecule has 4 rings (SSSR count). The van der Waals surface area contributed by atoms with Gasteiger partial charge < -0.3 is 10.2 Å². The maximum Gasteiger partial charge on any atom is 0.265 e. The van der Waals surface area contributed by atoms with Gasteiger partial charge in [-0.1, -0.05) is 12.1 Å². The zero-order valence-corrected chi connectivity index (χ0v) is 14.8. The van der Waals surface area contributed by atoms with Crippen molar-refractivity contribution in [2.75, 3.05) is 18.4 Å². The normalized spacial score (nSPS) is 14.0. The number of carbonyl (C=O) groups is 2. The highest BCUT2D eigenvalue weighted by molar-refractivity contribution is 7.20. The number of carbonyl (C=O) groups excluding carboxylic acids is 2. The van der Waals surface area contributed by atoms with Gasteiger partial charge in [-0.2, -0.15) is 0 Å². The molecule has 0 bridgehead atoms. The minimum absolute atomic E-state index is 0.0115. The van der Waals surface area contributed by atoms with E-state index in [0.29, 0.717) is 21.5 Å². The van der Waals surface area contributed by atoms with E-state index in [4.69, 9.17) is 0 Å². The Morgan fingerprint density at radius 1 is 1.04 bits per heavy atom. The van der Waals surface area contributed by atoms with Crippen molar-refractivity contribution in [3.8, 4) is 0 Å². The van der Waals surface area contributed by atoms with Gasteiger partial charge in [0.05, 0.1) is 4.88 Å². The summed E-state index contributed by atoms with van der Waals surface area (Å²) in [6.07, 6.45) is 2.06. The van der Waals surface area contributed by atoms with Gasteiger partial charge in [0.1, 0.15) is 5.82 Å². The molecular weight excluding hydrogens is 351 g/mol. The van der Waals surface area contributed by atoms with Crippen LogP contribution in [-0.4, -0.2) is 29.8 Å². The van der Waals surface area contributed by atoms with E-state index in [9.17, 15) is 14.0 Å². The van der Waals surface area contributed by atoms with Gasteiger partial charge in [0.25, 0.3) is 11.8 Å². The lowest BCUT2D eigenvalue weighted by atomic mass is 10.1. The second-order valence-electron chi connectivity index (χ2n) is 6.30. The fourth-order valence-corrected chi connectivity index (χ4v) is 4.13. The van der Waals surface area contributed by atoms with Gasteiger partial charge in [-0.05, 0) is 49.2 Å². The highest BCUT2D eigenvalue weighted by Gasteiger charge is 2.20. The van der Waals surface area contributed by atoms with Crippen LogP contribution in [0.2, 0.25) is 0 Å². The summed E-state index contributed by atoms with van der Waals surface area (Å²) in [7, 11) is 0. The van der Waals surface area contributed by atoms with Gasteiger partial charge in [0.2, 0.25) is 0 Å². The van der Waals surface area contributed by atoms with E-state index in [1.165, 1.54) is 17.4 Å². The van der Waals surface area contributed by atoms with E-state index in [-0.39, 0.29) is 17.6 Å². The zero-order valence-electron chi connectivity index (χ0n) is 14.0. The summed E-state index contributed by atoms with van der Waals surface area (Å²) in [5, 5.41) is 3.25. The first-order chi connectivity index (χ1) is 12.6. The third-order valence-corrected chi connectivity index (χ3v) is 5.59. The molecule has 1 aliphatic rings. The number of likely N-dealkylation sites (tertiary alicyclic amines) is 1. The third kappa shape index (κ3) is 3.20. The molecule has 132 valence electrons. The van der Waals surface area contributed by atoms with Crippen molar-refractivity contribution >= 4 is 38.9 Å². The monoisotopic (exact) mass is 368 g/mol. The molecule has 4 nitrogen and oxygen atoms in total. The van der Waals surface area contributed by atoms with E-state index in [2.05, 4.69) is 5.32 Å². The van der Waals surface area contributed by atoms with E-state index in [0.717, 1.165) is 30.6 Å². The Labute approximate surface area is 154 Å². The molecule has 0 atom stereocenters. The lowest BCUT2D eigenvalue weighted by Gasteiger charge is -2.15. The van der Waals surface area contributed by atoms with E-state index < -0.39 is 0 Å². The second kappa shape index (κ2) is 6.88. The van der Waals surface area contributed by atoms with Gasteiger partial charge in [-0.15, -0.1) is 11.3 Å². The molecule has 2 aromatic carbocycles. The quantitative estimate of drug-likeness (QED) is 0.738. The Hall–Kier alpha value is -2.73. The molecule has 1 saturated heterocycles. The number of nitrogens with zero attached hydrogens (tertiary/aromatic N) is 1. The first-order valence-corrected chi connectivity index (χ1v) is 9.32. The number of anilines is 1. The molecule has 26 heavy (non-hydrogen) atoms. The highest BCUT2D eigenvalue weighted by atomic mass is 32.1. The molecule has 2 heterocycles. The molecule has 0 saturated carbocycles. The number of fused-ring (bicyclic) bond motifs is 1. The van der Waals surface area contributed by atoms with Gasteiger partial charge in [-0.3, -0.25) is 9.59 Å². The van der Waals surface area contributed by atoms with Crippen LogP contribution in [0.3, 0.4) is 0 Å². The highest BCUT2D eigenvalue weighted by Crippen LogP contribution is 2.28.